The Kier molecular flexibility index (Phi) is 3.87. The summed E-state index contributed by atoms with van der Waals surface area (Å²) in [5.41, 5.74) is 4.21. The van der Waals surface area contributed by atoms with E-state index in [4.69, 9.17) is 5.73 Å². The predicted octanol–water partition coefficient (Wildman–Crippen LogP) is -1.12. The van der Waals surface area contributed by atoms with Gasteiger partial charge >= 0.3 is 0 Å². The van der Waals surface area contributed by atoms with Crippen molar-refractivity contribution in [1.29, 1.82) is 0 Å². The van der Waals surface area contributed by atoms with Gasteiger partial charge in [-0.1, -0.05) is 0 Å². The smallest absolute Gasteiger partial charge is 0.237 e. The van der Waals surface area contributed by atoms with E-state index in [1.807, 2.05) is 0 Å². The van der Waals surface area contributed by atoms with Crippen molar-refractivity contribution in [3.05, 3.63) is 0 Å². The first-order valence-corrected chi connectivity index (χ1v) is 5.94. The second-order valence-corrected chi connectivity index (χ2v) is 5.81. The lowest BCUT2D eigenvalue weighted by Crippen LogP contribution is -2.51. The second kappa shape index (κ2) is 4.06. The van der Waals surface area contributed by atoms with E-state index < -0.39 is 21.3 Å². The molecule has 0 fully saturated rings. The number of carbonyl (C=O) groups excluding carboxylic acids is 1. The molecule has 1 amide bonds. The molecule has 0 radical (unpaired) electrons. The predicted molar refractivity (Wildman–Crippen MR) is 51.0 cm³/mol. The van der Waals surface area contributed by atoms with Gasteiger partial charge in [-0.05, 0) is 13.8 Å². The first kappa shape index (κ1) is 12.4. The average Bonchev–Trinajstić information content (AvgIpc) is 1.82. The summed E-state index contributed by atoms with van der Waals surface area (Å²) in [7, 11) is -2.99. The molecule has 0 spiro atoms. The number of sulfone groups is 1. The molecule has 0 heterocycles. The third-order valence-electron chi connectivity index (χ3n) is 1.66. The Hall–Kier alpha value is -0.620. The third kappa shape index (κ3) is 5.59. The quantitative estimate of drug-likeness (QED) is 0.599. The highest BCUT2D eigenvalue weighted by molar-refractivity contribution is 7.90. The van der Waals surface area contributed by atoms with Crippen LogP contribution in [-0.4, -0.2) is 38.4 Å². The van der Waals surface area contributed by atoms with Gasteiger partial charge in [0, 0.05) is 12.8 Å². The maximum absolute atomic E-state index is 10.8. The van der Waals surface area contributed by atoms with E-state index in [9.17, 15) is 13.2 Å². The van der Waals surface area contributed by atoms with Crippen molar-refractivity contribution in [3.8, 4) is 0 Å². The van der Waals surface area contributed by atoms with E-state index in [0.717, 1.165) is 6.26 Å². The van der Waals surface area contributed by atoms with Crippen molar-refractivity contribution in [2.24, 2.45) is 5.73 Å². The molecule has 0 saturated carbocycles. The Labute approximate surface area is 78.6 Å². The van der Waals surface area contributed by atoms with Gasteiger partial charge in [-0.2, -0.15) is 0 Å². The number of carbonyl (C=O) groups is 1. The zero-order valence-electron chi connectivity index (χ0n) is 8.12. The van der Waals surface area contributed by atoms with E-state index in [1.54, 1.807) is 13.8 Å². The number of nitrogens with one attached hydrogen (secondary N) is 1. The van der Waals surface area contributed by atoms with Crippen LogP contribution in [-0.2, 0) is 14.6 Å². The fraction of sp³-hybridized carbons (Fsp3) is 0.857. The van der Waals surface area contributed by atoms with Crippen molar-refractivity contribution in [2.45, 2.75) is 19.4 Å². The van der Waals surface area contributed by atoms with E-state index in [1.165, 1.54) is 0 Å². The lowest BCUT2D eigenvalue weighted by atomic mass is 10.1. The molecular formula is C7H16N2O3S. The summed E-state index contributed by atoms with van der Waals surface area (Å²) in [6.07, 6.45) is 1.14. The number of nitrogens with two attached hydrogens (primary N) is 1. The normalized spacial score (nSPS) is 12.8. The third-order valence-corrected chi connectivity index (χ3v) is 2.60. The Bertz CT molecular complexity index is 282. The number of amides is 1. The van der Waals surface area contributed by atoms with Crippen molar-refractivity contribution in [3.63, 3.8) is 0 Å². The van der Waals surface area contributed by atoms with Crippen LogP contribution in [0.1, 0.15) is 13.8 Å². The minimum Gasteiger partial charge on any atom is -0.368 e. The van der Waals surface area contributed by atoms with Gasteiger partial charge in [0.2, 0.25) is 5.91 Å². The molecule has 3 N–H and O–H groups in total. The lowest BCUT2D eigenvalue weighted by Gasteiger charge is -2.21. The zero-order chi connectivity index (χ0) is 10.7. The molecule has 0 aromatic rings. The van der Waals surface area contributed by atoms with Crippen LogP contribution in [0.2, 0.25) is 0 Å². The molecular weight excluding hydrogens is 192 g/mol. The minimum atomic E-state index is -2.99. The Morgan fingerprint density at radius 1 is 1.46 bits per heavy atom. The molecule has 0 aromatic carbocycles. The van der Waals surface area contributed by atoms with Crippen LogP contribution < -0.4 is 11.1 Å². The largest absolute Gasteiger partial charge is 0.368 e. The van der Waals surface area contributed by atoms with Gasteiger partial charge in [0.15, 0.2) is 0 Å². The van der Waals surface area contributed by atoms with Gasteiger partial charge in [0.25, 0.3) is 0 Å². The molecule has 0 aliphatic rings. The highest BCUT2D eigenvalue weighted by Gasteiger charge is 2.23. The lowest BCUT2D eigenvalue weighted by molar-refractivity contribution is -0.123. The van der Waals surface area contributed by atoms with Crippen molar-refractivity contribution in [1.82, 2.24) is 5.32 Å². The van der Waals surface area contributed by atoms with Gasteiger partial charge in [0.05, 0.1) is 11.3 Å². The Morgan fingerprint density at radius 3 is 2.23 bits per heavy atom. The Balaban J connectivity index is 3.98. The summed E-state index contributed by atoms with van der Waals surface area (Å²) in [5, 5.41) is 2.76. The molecule has 78 valence electrons. The molecule has 0 aliphatic carbocycles. The van der Waals surface area contributed by atoms with Gasteiger partial charge in [-0.15, -0.1) is 0 Å². The van der Waals surface area contributed by atoms with Gasteiger partial charge in [-0.25, -0.2) is 8.42 Å². The second-order valence-electron chi connectivity index (χ2n) is 3.55. The average molecular weight is 208 g/mol. The minimum absolute atomic E-state index is 0.00368. The van der Waals surface area contributed by atoms with Gasteiger partial charge in [-0.3, -0.25) is 4.79 Å². The molecule has 0 saturated heterocycles. The van der Waals surface area contributed by atoms with Crippen LogP contribution in [0, 0.1) is 0 Å². The first-order chi connectivity index (χ1) is 5.65. The number of hydrogen-bond donors (Lipinski definition) is 2. The highest BCUT2D eigenvalue weighted by atomic mass is 32.2. The summed E-state index contributed by atoms with van der Waals surface area (Å²) in [6, 6.07) is 0. The summed E-state index contributed by atoms with van der Waals surface area (Å²) in [5.74, 6) is -0.495. The number of primary amides is 1. The molecule has 5 nitrogen and oxygen atoms in total. The van der Waals surface area contributed by atoms with Crippen LogP contribution in [0.3, 0.4) is 0 Å². The molecule has 0 atom stereocenters. The monoisotopic (exact) mass is 208 g/mol. The molecule has 0 rings (SSSR count). The van der Waals surface area contributed by atoms with E-state index in [0.29, 0.717) is 0 Å². The van der Waals surface area contributed by atoms with E-state index in [2.05, 4.69) is 5.32 Å². The van der Waals surface area contributed by atoms with Crippen LogP contribution in [0.15, 0.2) is 0 Å². The summed E-state index contributed by atoms with van der Waals surface area (Å²) < 4.78 is 21.5. The summed E-state index contributed by atoms with van der Waals surface area (Å²) >= 11 is 0. The highest BCUT2D eigenvalue weighted by Crippen LogP contribution is 1.99. The molecule has 0 aliphatic heterocycles. The van der Waals surface area contributed by atoms with Crippen LogP contribution >= 0.6 is 0 Å². The summed E-state index contributed by atoms with van der Waals surface area (Å²) in [4.78, 5) is 10.8. The van der Waals surface area contributed by atoms with Gasteiger partial charge in [0.1, 0.15) is 9.84 Å². The first-order valence-electron chi connectivity index (χ1n) is 3.88. The number of hydrogen-bond acceptors (Lipinski definition) is 4. The van der Waals surface area contributed by atoms with E-state index >= 15 is 0 Å². The molecule has 6 heteroatoms. The van der Waals surface area contributed by atoms with Crippen LogP contribution in [0.25, 0.3) is 0 Å². The maximum atomic E-state index is 10.8. The van der Waals surface area contributed by atoms with Crippen LogP contribution in [0.5, 0.6) is 0 Å². The topological polar surface area (TPSA) is 89.3 Å². The SMILES string of the molecule is CC(C)(NCCS(C)(=O)=O)C(N)=O. The van der Waals surface area contributed by atoms with Crippen molar-refractivity contribution >= 4 is 15.7 Å². The van der Waals surface area contributed by atoms with E-state index in [-0.39, 0.29) is 12.3 Å². The fourth-order valence-electron chi connectivity index (χ4n) is 0.636. The Morgan fingerprint density at radius 2 is 1.92 bits per heavy atom. The standard InChI is InChI=1S/C7H16N2O3S/c1-7(2,6(8)10)9-4-5-13(3,11)12/h9H,4-5H2,1-3H3,(H2,8,10). The molecule has 13 heavy (non-hydrogen) atoms. The van der Waals surface area contributed by atoms with Crippen molar-refractivity contribution < 1.29 is 13.2 Å². The molecule has 0 aromatic heterocycles. The maximum Gasteiger partial charge on any atom is 0.237 e. The number of rotatable bonds is 5. The van der Waals surface area contributed by atoms with Gasteiger partial charge < -0.3 is 11.1 Å². The molecule has 0 unspecified atom stereocenters. The summed E-state index contributed by atoms with van der Waals surface area (Å²) in [6.45, 7) is 3.45. The van der Waals surface area contributed by atoms with Crippen LogP contribution in [0.4, 0.5) is 0 Å². The fourth-order valence-corrected chi connectivity index (χ4v) is 1.11. The molecule has 0 bridgehead atoms. The zero-order valence-corrected chi connectivity index (χ0v) is 8.94. The van der Waals surface area contributed by atoms with Crippen molar-refractivity contribution in [2.75, 3.05) is 18.6 Å².